The van der Waals surface area contributed by atoms with Crippen LogP contribution < -0.4 is 15.2 Å². The van der Waals surface area contributed by atoms with Crippen LogP contribution in [0.2, 0.25) is 0 Å². The lowest BCUT2D eigenvalue weighted by molar-refractivity contribution is 0.471. The fraction of sp³-hybridized carbons (Fsp3) is 0.0909. The van der Waals surface area contributed by atoms with Crippen LogP contribution in [0.15, 0.2) is 60.7 Å². The van der Waals surface area contributed by atoms with Gasteiger partial charge in [-0.15, -0.1) is 0 Å². The largest absolute Gasteiger partial charge is 0.456 e. The van der Waals surface area contributed by atoms with E-state index in [0.717, 1.165) is 27.5 Å². The molecule has 0 N–H and O–H groups in total. The third-order valence-corrected chi connectivity index (χ3v) is 4.28. The number of benzene rings is 3. The smallest absolute Gasteiger partial charge is 0.135 e. The molecule has 3 aromatic rings. The molecule has 0 aromatic heterocycles. The maximum atomic E-state index is 6.15. The maximum Gasteiger partial charge on any atom is 0.135 e. The van der Waals surface area contributed by atoms with Crippen LogP contribution in [0.5, 0.6) is 11.5 Å². The first kappa shape index (κ1) is 13.8. The van der Waals surface area contributed by atoms with E-state index >= 15 is 0 Å². The van der Waals surface area contributed by atoms with Crippen molar-refractivity contribution in [3.8, 4) is 11.5 Å². The molecule has 0 saturated carbocycles. The summed E-state index contributed by atoms with van der Waals surface area (Å²) < 4.78 is 6.15. The van der Waals surface area contributed by atoms with E-state index in [0.29, 0.717) is 0 Å². The third kappa shape index (κ3) is 2.35. The highest BCUT2D eigenvalue weighted by Gasteiger charge is 2.19. The van der Waals surface area contributed by atoms with Gasteiger partial charge >= 0.3 is 0 Å². The predicted octanol–water partition coefficient (Wildman–Crippen LogP) is 4.07. The van der Waals surface area contributed by atoms with Gasteiger partial charge in [-0.05, 0) is 42.3 Å². The molecule has 0 bridgehead atoms. The molecular weight excluding hydrogens is 280 g/mol. The average Bonchev–Trinajstić information content (AvgIpc) is 2.53. The summed E-state index contributed by atoms with van der Waals surface area (Å²) in [5.74, 6) is 1.80. The van der Waals surface area contributed by atoms with Gasteiger partial charge in [0.05, 0.1) is 0 Å². The standard InChI is InChI=1S/C22H18O/c1-14-4-8-17(9-5-14)22-18-10-6-15(2)12-20(18)23-21-13-16(3)7-11-19(21)22/h4-13H,2H2,1,3H3. The highest BCUT2D eigenvalue weighted by Crippen LogP contribution is 2.36. The summed E-state index contributed by atoms with van der Waals surface area (Å²) in [4.78, 5) is 0. The second-order valence-corrected chi connectivity index (χ2v) is 6.17. The Balaban J connectivity index is 2.11. The van der Waals surface area contributed by atoms with Gasteiger partial charge in [0, 0.05) is 16.4 Å². The van der Waals surface area contributed by atoms with Crippen molar-refractivity contribution in [3.05, 3.63) is 93.4 Å². The molecule has 3 aromatic carbocycles. The zero-order chi connectivity index (χ0) is 16.0. The molecule has 0 saturated heterocycles. The first-order valence-electron chi connectivity index (χ1n) is 7.81. The first-order chi connectivity index (χ1) is 11.1. The van der Waals surface area contributed by atoms with Crippen molar-refractivity contribution in [3.63, 3.8) is 0 Å². The number of hydrogen-bond acceptors (Lipinski definition) is 1. The van der Waals surface area contributed by atoms with Crippen molar-refractivity contribution in [2.24, 2.45) is 0 Å². The zero-order valence-corrected chi connectivity index (χ0v) is 13.4. The minimum atomic E-state index is 0.881. The summed E-state index contributed by atoms with van der Waals surface area (Å²) in [5.41, 5.74) is 6.03. The minimum Gasteiger partial charge on any atom is -0.456 e. The van der Waals surface area contributed by atoms with Gasteiger partial charge in [-0.3, -0.25) is 0 Å². The van der Waals surface area contributed by atoms with E-state index in [4.69, 9.17) is 4.74 Å². The summed E-state index contributed by atoms with van der Waals surface area (Å²) in [5, 5.41) is 2.08. The second kappa shape index (κ2) is 5.13. The van der Waals surface area contributed by atoms with Gasteiger partial charge in [0.2, 0.25) is 0 Å². The lowest BCUT2D eigenvalue weighted by atomic mass is 9.91. The summed E-state index contributed by atoms with van der Waals surface area (Å²) in [6, 6.07) is 21.2. The normalized spacial score (nSPS) is 12.3. The molecule has 0 atom stereocenters. The van der Waals surface area contributed by atoms with Gasteiger partial charge in [0.1, 0.15) is 11.5 Å². The van der Waals surface area contributed by atoms with Crippen LogP contribution >= 0.6 is 0 Å². The number of rotatable bonds is 1. The van der Waals surface area contributed by atoms with Gasteiger partial charge in [-0.25, -0.2) is 0 Å². The molecule has 0 amide bonds. The lowest BCUT2D eigenvalue weighted by Gasteiger charge is -2.21. The molecule has 0 radical (unpaired) electrons. The van der Waals surface area contributed by atoms with E-state index in [1.165, 1.54) is 22.3 Å². The maximum absolute atomic E-state index is 6.15. The van der Waals surface area contributed by atoms with E-state index in [2.05, 4.69) is 69.0 Å². The summed E-state index contributed by atoms with van der Waals surface area (Å²) in [6.45, 7) is 8.22. The molecule has 0 fully saturated rings. The van der Waals surface area contributed by atoms with Crippen molar-refractivity contribution < 1.29 is 4.74 Å². The highest BCUT2D eigenvalue weighted by atomic mass is 16.5. The number of hydrogen-bond donors (Lipinski definition) is 0. The van der Waals surface area contributed by atoms with Gasteiger partial charge < -0.3 is 4.74 Å². The predicted molar refractivity (Wildman–Crippen MR) is 95.3 cm³/mol. The summed E-state index contributed by atoms with van der Waals surface area (Å²) >= 11 is 0. The van der Waals surface area contributed by atoms with Crippen molar-refractivity contribution >= 4 is 12.2 Å². The molecule has 23 heavy (non-hydrogen) atoms. The Morgan fingerprint density at radius 3 is 2.26 bits per heavy atom. The fourth-order valence-electron chi connectivity index (χ4n) is 3.07. The molecule has 1 nitrogen and oxygen atoms in total. The quantitative estimate of drug-likeness (QED) is 0.515. The summed E-state index contributed by atoms with van der Waals surface area (Å²) in [6.07, 6.45) is 0. The average molecular weight is 298 g/mol. The Labute approximate surface area is 136 Å². The SMILES string of the molecule is C=c1ccc2c(c1)Oc1cc(C)ccc1C=2c1ccc(C)cc1. The van der Waals surface area contributed by atoms with Crippen LogP contribution in [0, 0.1) is 13.8 Å². The molecule has 0 unspecified atom stereocenters. The van der Waals surface area contributed by atoms with Gasteiger partial charge in [-0.1, -0.05) is 60.7 Å². The molecule has 1 aliphatic rings. The summed E-state index contributed by atoms with van der Waals surface area (Å²) in [7, 11) is 0. The molecule has 1 heteroatoms. The third-order valence-electron chi connectivity index (χ3n) is 4.28. The molecule has 1 heterocycles. The Morgan fingerprint density at radius 1 is 0.739 bits per heavy atom. The van der Waals surface area contributed by atoms with Crippen LogP contribution in [0.3, 0.4) is 0 Å². The fourth-order valence-corrected chi connectivity index (χ4v) is 3.07. The molecule has 4 rings (SSSR count). The molecule has 0 spiro atoms. The van der Waals surface area contributed by atoms with Gasteiger partial charge in [0.15, 0.2) is 0 Å². The van der Waals surface area contributed by atoms with Gasteiger partial charge in [-0.2, -0.15) is 0 Å². The van der Waals surface area contributed by atoms with E-state index < -0.39 is 0 Å². The Hall–Kier alpha value is -2.80. The minimum absolute atomic E-state index is 0.881. The molecule has 112 valence electrons. The van der Waals surface area contributed by atoms with Gasteiger partial charge in [0.25, 0.3) is 0 Å². The monoisotopic (exact) mass is 298 g/mol. The Kier molecular flexibility index (Phi) is 3.09. The number of aryl methyl sites for hydroxylation is 2. The van der Waals surface area contributed by atoms with Crippen molar-refractivity contribution in [2.75, 3.05) is 0 Å². The zero-order valence-electron chi connectivity index (χ0n) is 13.4. The Morgan fingerprint density at radius 2 is 1.48 bits per heavy atom. The second-order valence-electron chi connectivity index (χ2n) is 6.17. The van der Waals surface area contributed by atoms with Crippen LogP contribution in [-0.2, 0) is 0 Å². The molecule has 0 aliphatic carbocycles. The van der Waals surface area contributed by atoms with E-state index in [9.17, 15) is 0 Å². The van der Waals surface area contributed by atoms with Crippen molar-refractivity contribution in [2.45, 2.75) is 13.8 Å². The first-order valence-corrected chi connectivity index (χ1v) is 7.81. The molecule has 1 aliphatic heterocycles. The number of ether oxygens (including phenoxy) is 1. The highest BCUT2D eigenvalue weighted by molar-refractivity contribution is 5.85. The number of fused-ring (bicyclic) bond motifs is 2. The van der Waals surface area contributed by atoms with Crippen molar-refractivity contribution in [1.29, 1.82) is 0 Å². The van der Waals surface area contributed by atoms with Crippen LogP contribution in [0.4, 0.5) is 0 Å². The topological polar surface area (TPSA) is 9.23 Å². The van der Waals surface area contributed by atoms with Crippen LogP contribution in [0.25, 0.3) is 12.2 Å². The lowest BCUT2D eigenvalue weighted by Crippen LogP contribution is -2.19. The molecular formula is C22H18O. The van der Waals surface area contributed by atoms with E-state index in [1.807, 2.05) is 12.1 Å². The van der Waals surface area contributed by atoms with Crippen LogP contribution in [0.1, 0.15) is 22.3 Å². The van der Waals surface area contributed by atoms with Crippen LogP contribution in [-0.4, -0.2) is 0 Å². The van der Waals surface area contributed by atoms with E-state index in [1.54, 1.807) is 0 Å². The Bertz CT molecular complexity index is 1010. The van der Waals surface area contributed by atoms with Crippen molar-refractivity contribution in [1.82, 2.24) is 0 Å². The van der Waals surface area contributed by atoms with E-state index in [-0.39, 0.29) is 0 Å².